The molecule has 1 fully saturated rings. The van der Waals surface area contributed by atoms with Crippen molar-refractivity contribution in [1.29, 1.82) is 0 Å². The Labute approximate surface area is 213 Å². The van der Waals surface area contributed by atoms with Crippen LogP contribution in [-0.4, -0.2) is 61.3 Å². The number of piperazine rings is 1. The summed E-state index contributed by atoms with van der Waals surface area (Å²) < 4.78 is 106. The van der Waals surface area contributed by atoms with Crippen LogP contribution in [0.15, 0.2) is 70.3 Å². The lowest BCUT2D eigenvalue weighted by Crippen LogP contribution is -2.53. The molecule has 1 aromatic heterocycles. The van der Waals surface area contributed by atoms with E-state index in [1.165, 1.54) is 15.6 Å². The predicted molar refractivity (Wildman–Crippen MR) is 126 cm³/mol. The third-order valence-electron chi connectivity index (χ3n) is 6.24. The normalized spacial score (nSPS) is 16.7. The van der Waals surface area contributed by atoms with Gasteiger partial charge in [0.1, 0.15) is 4.21 Å². The first-order chi connectivity index (χ1) is 17.2. The van der Waals surface area contributed by atoms with Crippen LogP contribution in [0.1, 0.15) is 11.1 Å². The molecule has 0 aliphatic carbocycles. The highest BCUT2D eigenvalue weighted by molar-refractivity contribution is 7.91. The maximum absolute atomic E-state index is 13.1. The zero-order valence-electron chi connectivity index (χ0n) is 19.1. The molecular weight excluding hydrogens is 542 g/mol. The molecule has 200 valence electrons. The van der Waals surface area contributed by atoms with E-state index in [-0.39, 0.29) is 0 Å². The van der Waals surface area contributed by atoms with Crippen molar-refractivity contribution in [2.75, 3.05) is 26.2 Å². The Bertz CT molecular complexity index is 1280. The molecule has 0 atom stereocenters. The molecule has 0 unspecified atom stereocenters. The SMILES string of the molecule is O=S(=O)(c1cccs1)N1CCN(Cc2ccc(-c3ccc(C(O)(C(F)(F)F)C(F)(F)F)cc3)cc2)CC1. The molecule has 1 aliphatic rings. The van der Waals surface area contributed by atoms with Crippen molar-refractivity contribution in [2.45, 2.75) is 28.7 Å². The molecule has 3 aromatic rings. The lowest BCUT2D eigenvalue weighted by Gasteiger charge is -2.33. The Kier molecular flexibility index (Phi) is 7.47. The summed E-state index contributed by atoms with van der Waals surface area (Å²) in [5.74, 6) is 0. The van der Waals surface area contributed by atoms with Crippen molar-refractivity contribution in [1.82, 2.24) is 9.21 Å². The number of halogens is 6. The molecule has 2 heterocycles. The molecule has 5 nitrogen and oxygen atoms in total. The number of nitrogens with zero attached hydrogens (tertiary/aromatic N) is 2. The average Bonchev–Trinajstić information content (AvgIpc) is 3.39. The van der Waals surface area contributed by atoms with E-state index in [2.05, 4.69) is 4.90 Å². The van der Waals surface area contributed by atoms with E-state index in [9.17, 15) is 39.9 Å². The summed E-state index contributed by atoms with van der Waals surface area (Å²) in [6, 6.07) is 13.7. The number of thiophene rings is 1. The number of aliphatic hydroxyl groups is 1. The third kappa shape index (κ3) is 5.41. The molecular formula is C24H22F6N2O3S2. The van der Waals surface area contributed by atoms with Gasteiger partial charge in [0, 0.05) is 38.3 Å². The summed E-state index contributed by atoms with van der Waals surface area (Å²) in [5.41, 5.74) is -4.40. The van der Waals surface area contributed by atoms with Crippen LogP contribution in [0.25, 0.3) is 11.1 Å². The smallest absolute Gasteiger partial charge is 0.369 e. The van der Waals surface area contributed by atoms with Crippen LogP contribution < -0.4 is 0 Å². The van der Waals surface area contributed by atoms with Gasteiger partial charge in [0.2, 0.25) is 0 Å². The summed E-state index contributed by atoms with van der Waals surface area (Å²) in [7, 11) is -3.50. The van der Waals surface area contributed by atoms with Crippen LogP contribution in [-0.2, 0) is 22.2 Å². The first-order valence-electron chi connectivity index (χ1n) is 11.1. The van der Waals surface area contributed by atoms with Crippen LogP contribution in [0.5, 0.6) is 0 Å². The van der Waals surface area contributed by atoms with E-state index in [4.69, 9.17) is 0 Å². The lowest BCUT2D eigenvalue weighted by atomic mass is 9.90. The molecule has 2 aromatic carbocycles. The van der Waals surface area contributed by atoms with Gasteiger partial charge in [0.15, 0.2) is 0 Å². The Morgan fingerprint density at radius 3 is 1.76 bits per heavy atom. The van der Waals surface area contributed by atoms with Gasteiger partial charge in [-0.1, -0.05) is 54.6 Å². The lowest BCUT2D eigenvalue weighted by molar-refractivity contribution is -0.376. The van der Waals surface area contributed by atoms with Gasteiger partial charge in [0.25, 0.3) is 15.6 Å². The predicted octanol–water partition coefficient (Wildman–Crippen LogP) is 5.23. The van der Waals surface area contributed by atoms with Crippen LogP contribution >= 0.6 is 11.3 Å². The van der Waals surface area contributed by atoms with Gasteiger partial charge in [-0.25, -0.2) is 8.42 Å². The van der Waals surface area contributed by atoms with Gasteiger partial charge < -0.3 is 5.11 Å². The fourth-order valence-electron chi connectivity index (χ4n) is 4.12. The van der Waals surface area contributed by atoms with Gasteiger partial charge in [-0.2, -0.15) is 30.6 Å². The Morgan fingerprint density at radius 2 is 1.30 bits per heavy atom. The molecule has 37 heavy (non-hydrogen) atoms. The number of hydrogen-bond acceptors (Lipinski definition) is 5. The zero-order valence-corrected chi connectivity index (χ0v) is 20.8. The minimum atomic E-state index is -5.94. The van der Waals surface area contributed by atoms with Crippen molar-refractivity contribution in [3.05, 3.63) is 77.2 Å². The van der Waals surface area contributed by atoms with Crippen molar-refractivity contribution in [3.8, 4) is 11.1 Å². The van der Waals surface area contributed by atoms with Crippen LogP contribution in [0.2, 0.25) is 0 Å². The van der Waals surface area contributed by atoms with Gasteiger partial charge in [-0.05, 0) is 28.1 Å². The van der Waals surface area contributed by atoms with E-state index in [0.29, 0.717) is 60.2 Å². The minimum absolute atomic E-state index is 0.311. The molecule has 1 aliphatic heterocycles. The second-order valence-corrected chi connectivity index (χ2v) is 11.7. The van der Waals surface area contributed by atoms with E-state index < -0.39 is 33.5 Å². The molecule has 1 saturated heterocycles. The second-order valence-electron chi connectivity index (χ2n) is 8.59. The standard InChI is InChI=1S/C24H22F6N2O3S2/c25-23(26,27)22(33,24(28,29)30)20-9-7-19(8-10-20)18-5-3-17(4-6-18)16-31-11-13-32(14-12-31)37(34,35)21-2-1-15-36-21/h1-10,15,33H,11-14,16H2. The highest BCUT2D eigenvalue weighted by Crippen LogP contribution is 2.50. The van der Waals surface area contributed by atoms with Crippen molar-refractivity contribution in [2.24, 2.45) is 0 Å². The van der Waals surface area contributed by atoms with Crippen molar-refractivity contribution >= 4 is 21.4 Å². The summed E-state index contributed by atoms with van der Waals surface area (Å²) >= 11 is 1.17. The number of sulfonamides is 1. The van der Waals surface area contributed by atoms with Crippen LogP contribution in [0, 0.1) is 0 Å². The molecule has 0 saturated carbocycles. The van der Waals surface area contributed by atoms with Gasteiger partial charge in [-0.15, -0.1) is 11.3 Å². The molecule has 0 spiro atoms. The highest BCUT2D eigenvalue weighted by Gasteiger charge is 2.71. The quantitative estimate of drug-likeness (QED) is 0.417. The number of benzene rings is 2. The third-order valence-corrected chi connectivity index (χ3v) is 9.51. The summed E-state index contributed by atoms with van der Waals surface area (Å²) in [5, 5.41) is 11.2. The zero-order chi connectivity index (χ0) is 27.1. The van der Waals surface area contributed by atoms with E-state index in [1.54, 1.807) is 41.8 Å². The number of hydrogen-bond donors (Lipinski definition) is 1. The molecule has 13 heteroatoms. The maximum atomic E-state index is 13.1. The van der Waals surface area contributed by atoms with Gasteiger partial charge >= 0.3 is 12.4 Å². The second kappa shape index (κ2) is 10.0. The first kappa shape index (κ1) is 27.6. The van der Waals surface area contributed by atoms with Crippen LogP contribution in [0.4, 0.5) is 26.3 Å². The monoisotopic (exact) mass is 564 g/mol. The summed E-state index contributed by atoms with van der Waals surface area (Å²) in [6.07, 6.45) is -11.9. The molecule has 0 amide bonds. The summed E-state index contributed by atoms with van der Waals surface area (Å²) in [6.45, 7) is 2.33. The first-order valence-corrected chi connectivity index (χ1v) is 13.4. The minimum Gasteiger partial charge on any atom is -0.369 e. The Morgan fingerprint density at radius 1 is 0.784 bits per heavy atom. The topological polar surface area (TPSA) is 60.9 Å². The Hall–Kier alpha value is -2.45. The number of alkyl halides is 6. The highest BCUT2D eigenvalue weighted by atomic mass is 32.2. The van der Waals surface area contributed by atoms with Crippen LogP contribution in [0.3, 0.4) is 0 Å². The van der Waals surface area contributed by atoms with Gasteiger partial charge in [0.05, 0.1) is 0 Å². The van der Waals surface area contributed by atoms with E-state index >= 15 is 0 Å². The van der Waals surface area contributed by atoms with Crippen molar-refractivity contribution < 1.29 is 39.9 Å². The Balaban J connectivity index is 1.40. The largest absolute Gasteiger partial charge is 0.430 e. The number of rotatable bonds is 6. The maximum Gasteiger partial charge on any atom is 0.430 e. The van der Waals surface area contributed by atoms with E-state index in [0.717, 1.165) is 17.7 Å². The van der Waals surface area contributed by atoms with Gasteiger partial charge in [-0.3, -0.25) is 4.90 Å². The fourth-order valence-corrected chi connectivity index (χ4v) is 6.68. The average molecular weight is 565 g/mol. The molecule has 4 rings (SSSR count). The fraction of sp³-hybridized carbons (Fsp3) is 0.333. The summed E-state index contributed by atoms with van der Waals surface area (Å²) in [4.78, 5) is 2.10. The molecule has 0 bridgehead atoms. The van der Waals surface area contributed by atoms with Crippen molar-refractivity contribution in [3.63, 3.8) is 0 Å². The molecule has 0 radical (unpaired) electrons. The van der Waals surface area contributed by atoms with E-state index in [1.807, 2.05) is 0 Å². The molecule has 1 N–H and O–H groups in total.